The Morgan fingerprint density at radius 3 is 2.00 bits per heavy atom. The maximum Gasteiger partial charge on any atom is 0.414 e. The topological polar surface area (TPSA) is 112 Å². The molecule has 0 radical (unpaired) electrons. The highest BCUT2D eigenvalue weighted by Gasteiger charge is 2.41. The van der Waals surface area contributed by atoms with Crippen LogP contribution in [0.1, 0.15) is 0 Å². The van der Waals surface area contributed by atoms with Gasteiger partial charge >= 0.3 is 6.09 Å². The second-order valence-corrected chi connectivity index (χ2v) is 2.72. The standard InChI is InChI=1S/C8H6N2O6/c11-1-5-6(2-12)10(8(15)16)7(3-13)9(5)4-14/h1-4,7H,(H,15,16). The second-order valence-electron chi connectivity index (χ2n) is 2.72. The molecule has 0 saturated heterocycles. The van der Waals surface area contributed by atoms with Crippen molar-refractivity contribution >= 4 is 31.4 Å². The molecule has 8 nitrogen and oxygen atoms in total. The van der Waals surface area contributed by atoms with Crippen molar-refractivity contribution in [2.45, 2.75) is 6.17 Å². The molecule has 1 rings (SSSR count). The highest BCUT2D eigenvalue weighted by molar-refractivity contribution is 5.96. The van der Waals surface area contributed by atoms with Gasteiger partial charge in [0.25, 0.3) is 0 Å². The highest BCUT2D eigenvalue weighted by Crippen LogP contribution is 2.24. The average Bonchev–Trinajstić information content (AvgIpc) is 2.60. The van der Waals surface area contributed by atoms with Gasteiger partial charge in [0.1, 0.15) is 11.4 Å². The first-order valence-electron chi connectivity index (χ1n) is 3.98. The molecule has 1 N–H and O–H groups in total. The Labute approximate surface area is 88.7 Å². The maximum atomic E-state index is 10.8. The van der Waals surface area contributed by atoms with E-state index in [2.05, 4.69) is 0 Å². The van der Waals surface area contributed by atoms with Crippen molar-refractivity contribution in [3.63, 3.8) is 0 Å². The smallest absolute Gasteiger partial charge is 0.414 e. The number of rotatable bonds is 4. The summed E-state index contributed by atoms with van der Waals surface area (Å²) in [4.78, 5) is 54.2. The number of hydrogen-bond acceptors (Lipinski definition) is 5. The van der Waals surface area contributed by atoms with Crippen LogP contribution < -0.4 is 0 Å². The van der Waals surface area contributed by atoms with Crippen LogP contribution in [0.4, 0.5) is 4.79 Å². The van der Waals surface area contributed by atoms with E-state index >= 15 is 0 Å². The minimum atomic E-state index is -1.61. The van der Waals surface area contributed by atoms with Gasteiger partial charge in [0.15, 0.2) is 25.0 Å². The van der Waals surface area contributed by atoms with Crippen LogP contribution in [-0.2, 0) is 19.2 Å². The predicted molar refractivity (Wildman–Crippen MR) is 46.8 cm³/mol. The first-order chi connectivity index (χ1) is 7.62. The van der Waals surface area contributed by atoms with Crippen molar-refractivity contribution in [1.29, 1.82) is 0 Å². The number of hydrogen-bond donors (Lipinski definition) is 1. The molecule has 0 saturated carbocycles. The lowest BCUT2D eigenvalue weighted by molar-refractivity contribution is -0.126. The summed E-state index contributed by atoms with van der Waals surface area (Å²) >= 11 is 0. The van der Waals surface area contributed by atoms with Crippen LogP contribution in [0, 0.1) is 0 Å². The number of carbonyl (C=O) groups is 5. The molecule has 8 heteroatoms. The summed E-state index contributed by atoms with van der Waals surface area (Å²) in [6, 6.07) is 0. The van der Waals surface area contributed by atoms with Gasteiger partial charge in [0.05, 0.1) is 0 Å². The third-order valence-corrected chi connectivity index (χ3v) is 2.01. The van der Waals surface area contributed by atoms with Crippen LogP contribution in [0.5, 0.6) is 0 Å². The van der Waals surface area contributed by atoms with Gasteiger partial charge in [-0.15, -0.1) is 0 Å². The zero-order valence-electron chi connectivity index (χ0n) is 7.77. The van der Waals surface area contributed by atoms with E-state index in [4.69, 9.17) is 5.11 Å². The Bertz CT molecular complexity index is 401. The maximum absolute atomic E-state index is 10.8. The molecule has 0 aromatic carbocycles. The molecule has 16 heavy (non-hydrogen) atoms. The van der Waals surface area contributed by atoms with Crippen molar-refractivity contribution in [3.8, 4) is 0 Å². The average molecular weight is 226 g/mol. The Hall–Kier alpha value is -2.51. The summed E-state index contributed by atoms with van der Waals surface area (Å²) in [6.45, 7) is 0. The van der Waals surface area contributed by atoms with Crippen LogP contribution in [0.2, 0.25) is 0 Å². The van der Waals surface area contributed by atoms with Gasteiger partial charge in [-0.2, -0.15) is 0 Å². The van der Waals surface area contributed by atoms with Crippen molar-refractivity contribution in [2.24, 2.45) is 0 Å². The van der Waals surface area contributed by atoms with E-state index in [1.807, 2.05) is 0 Å². The van der Waals surface area contributed by atoms with Gasteiger partial charge in [-0.1, -0.05) is 0 Å². The Morgan fingerprint density at radius 1 is 1.12 bits per heavy atom. The third kappa shape index (κ3) is 1.45. The molecule has 2 amide bonds. The van der Waals surface area contributed by atoms with Crippen LogP contribution in [0.15, 0.2) is 11.4 Å². The summed E-state index contributed by atoms with van der Waals surface area (Å²) in [5.41, 5.74) is -0.990. The van der Waals surface area contributed by atoms with E-state index < -0.39 is 23.7 Å². The lowest BCUT2D eigenvalue weighted by Gasteiger charge is -2.21. The molecule has 1 aliphatic heterocycles. The van der Waals surface area contributed by atoms with Crippen LogP contribution >= 0.6 is 0 Å². The lowest BCUT2D eigenvalue weighted by Crippen LogP contribution is -2.44. The van der Waals surface area contributed by atoms with Crippen LogP contribution in [0.25, 0.3) is 0 Å². The molecular weight excluding hydrogens is 220 g/mol. The predicted octanol–water partition coefficient (Wildman–Crippen LogP) is -1.43. The van der Waals surface area contributed by atoms with E-state index in [0.717, 1.165) is 0 Å². The number of nitrogens with zero attached hydrogens (tertiary/aromatic N) is 2. The minimum Gasteiger partial charge on any atom is -0.465 e. The summed E-state index contributed by atoms with van der Waals surface area (Å²) in [6.07, 6.45) is -2.65. The number of amides is 2. The van der Waals surface area contributed by atoms with E-state index in [1.165, 1.54) is 0 Å². The number of carbonyl (C=O) groups excluding carboxylic acids is 4. The third-order valence-electron chi connectivity index (χ3n) is 2.01. The quantitative estimate of drug-likeness (QED) is 0.588. The Kier molecular flexibility index (Phi) is 3.14. The van der Waals surface area contributed by atoms with Crippen molar-refractivity contribution in [2.75, 3.05) is 0 Å². The molecule has 0 spiro atoms. The van der Waals surface area contributed by atoms with Gasteiger partial charge in [-0.3, -0.25) is 24.1 Å². The summed E-state index contributed by atoms with van der Waals surface area (Å²) < 4.78 is 0. The molecule has 1 heterocycles. The molecule has 84 valence electrons. The molecule has 0 bridgehead atoms. The molecule has 0 aliphatic carbocycles. The lowest BCUT2D eigenvalue weighted by atomic mass is 10.3. The fourth-order valence-electron chi connectivity index (χ4n) is 1.37. The Balaban J connectivity index is 3.36. The zero-order valence-corrected chi connectivity index (χ0v) is 7.77. The molecule has 1 atom stereocenters. The molecule has 1 unspecified atom stereocenters. The summed E-state index contributed by atoms with van der Waals surface area (Å²) in [5.74, 6) is 0. The highest BCUT2D eigenvalue weighted by atomic mass is 16.4. The summed E-state index contributed by atoms with van der Waals surface area (Å²) in [5, 5.41) is 8.76. The van der Waals surface area contributed by atoms with Gasteiger partial charge in [0, 0.05) is 0 Å². The van der Waals surface area contributed by atoms with Gasteiger partial charge in [0.2, 0.25) is 6.41 Å². The SMILES string of the molecule is O=CC1=C(C=O)N(C(=O)O)C(C=O)N1C=O. The first-order valence-corrected chi connectivity index (χ1v) is 3.98. The Morgan fingerprint density at radius 2 is 1.69 bits per heavy atom. The number of allylic oxidation sites excluding steroid dienone is 2. The monoisotopic (exact) mass is 226 g/mol. The van der Waals surface area contributed by atoms with Gasteiger partial charge in [-0.25, -0.2) is 9.69 Å². The normalized spacial score (nSPS) is 19.6. The van der Waals surface area contributed by atoms with Crippen LogP contribution in [-0.4, -0.2) is 52.4 Å². The largest absolute Gasteiger partial charge is 0.465 e. The molecular formula is C8H6N2O6. The fourth-order valence-corrected chi connectivity index (χ4v) is 1.37. The van der Waals surface area contributed by atoms with E-state index in [1.54, 1.807) is 0 Å². The van der Waals surface area contributed by atoms with Crippen LogP contribution in [0.3, 0.4) is 0 Å². The van der Waals surface area contributed by atoms with E-state index in [0.29, 0.717) is 9.80 Å². The molecule has 0 aromatic rings. The van der Waals surface area contributed by atoms with Crippen molar-refractivity contribution in [3.05, 3.63) is 11.4 Å². The second kappa shape index (κ2) is 4.34. The molecule has 0 fully saturated rings. The van der Waals surface area contributed by atoms with E-state index in [9.17, 15) is 24.0 Å². The fraction of sp³-hybridized carbons (Fsp3) is 0.125. The van der Waals surface area contributed by atoms with Crippen molar-refractivity contribution < 1.29 is 29.1 Å². The zero-order chi connectivity index (χ0) is 12.3. The van der Waals surface area contributed by atoms with E-state index in [-0.39, 0.29) is 25.3 Å². The van der Waals surface area contributed by atoms with Gasteiger partial charge in [-0.05, 0) is 0 Å². The van der Waals surface area contributed by atoms with Crippen molar-refractivity contribution in [1.82, 2.24) is 9.80 Å². The number of carboxylic acid groups (broad SMARTS) is 1. The summed E-state index contributed by atoms with van der Waals surface area (Å²) in [7, 11) is 0. The number of aldehydes is 3. The molecule has 1 aliphatic rings. The minimum absolute atomic E-state index is 0.0951. The molecule has 0 aromatic heterocycles. The first kappa shape index (κ1) is 11.6. The van der Waals surface area contributed by atoms with Gasteiger partial charge < -0.3 is 5.11 Å².